The maximum Gasteiger partial charge on any atom is 0.180 e. The number of pyridine rings is 1. The third-order valence-electron chi connectivity index (χ3n) is 4.93. The molecule has 0 unspecified atom stereocenters. The predicted molar refractivity (Wildman–Crippen MR) is 118 cm³/mol. The Morgan fingerprint density at radius 3 is 2.26 bits per heavy atom. The second kappa shape index (κ2) is 7.54. The fourth-order valence-corrected chi connectivity index (χ4v) is 4.76. The van der Waals surface area contributed by atoms with Gasteiger partial charge in [0.15, 0.2) is 25.3 Å². The molecular weight excluding hydrogens is 436 g/mol. The van der Waals surface area contributed by atoms with E-state index in [1.165, 1.54) is 6.20 Å². The van der Waals surface area contributed by atoms with E-state index in [0.717, 1.165) is 6.26 Å². The summed E-state index contributed by atoms with van der Waals surface area (Å²) in [6, 6.07) is 8.07. The monoisotopic (exact) mass is 456 g/mol. The molecule has 0 atom stereocenters. The molecule has 0 fully saturated rings. The molecule has 4 rings (SSSR count). The number of hydrogen-bond acceptors (Lipinski definition) is 7. The van der Waals surface area contributed by atoms with Crippen LogP contribution in [0.1, 0.15) is 13.8 Å². The van der Waals surface area contributed by atoms with Crippen LogP contribution in [-0.2, 0) is 19.7 Å². The highest BCUT2D eigenvalue weighted by molar-refractivity contribution is 7.92. The standard InChI is InChI=1S/C21H20N4O4S2/c1-13(2)31(28,29)16-6-4-14(5-7-16)19-12-24-21-20(25-19)18(11-23-21)15-8-17(10-22-9-15)30(3,26)27/h4-13H,1-3H3,(H,23,24). The van der Waals surface area contributed by atoms with Gasteiger partial charge in [-0.1, -0.05) is 12.1 Å². The average Bonchev–Trinajstić information content (AvgIpc) is 3.16. The molecule has 0 aliphatic heterocycles. The molecule has 0 spiro atoms. The Hall–Kier alpha value is -3.11. The Morgan fingerprint density at radius 2 is 1.61 bits per heavy atom. The Kier molecular flexibility index (Phi) is 5.14. The van der Waals surface area contributed by atoms with Crippen molar-refractivity contribution >= 4 is 30.8 Å². The smallest absolute Gasteiger partial charge is 0.180 e. The van der Waals surface area contributed by atoms with Crippen LogP contribution in [0.5, 0.6) is 0 Å². The topological polar surface area (TPSA) is 123 Å². The molecule has 0 amide bonds. The summed E-state index contributed by atoms with van der Waals surface area (Å²) >= 11 is 0. The highest BCUT2D eigenvalue weighted by Crippen LogP contribution is 2.29. The number of aromatic amines is 1. The van der Waals surface area contributed by atoms with Gasteiger partial charge in [0.2, 0.25) is 0 Å². The van der Waals surface area contributed by atoms with E-state index < -0.39 is 24.9 Å². The predicted octanol–water partition coefficient (Wildman–Crippen LogP) is 3.27. The zero-order valence-corrected chi connectivity index (χ0v) is 18.7. The number of nitrogens with zero attached hydrogens (tertiary/aromatic N) is 3. The van der Waals surface area contributed by atoms with Crippen molar-refractivity contribution in [2.45, 2.75) is 28.9 Å². The number of rotatable bonds is 5. The third kappa shape index (κ3) is 3.96. The molecule has 0 bridgehead atoms. The van der Waals surface area contributed by atoms with Gasteiger partial charge < -0.3 is 4.98 Å². The van der Waals surface area contributed by atoms with Crippen LogP contribution >= 0.6 is 0 Å². The number of hydrogen-bond donors (Lipinski definition) is 1. The second-order valence-corrected chi connectivity index (χ2v) is 12.0. The largest absolute Gasteiger partial charge is 0.344 e. The molecule has 31 heavy (non-hydrogen) atoms. The van der Waals surface area contributed by atoms with Crippen molar-refractivity contribution in [1.82, 2.24) is 19.9 Å². The molecule has 4 aromatic rings. The fraction of sp³-hybridized carbons (Fsp3) is 0.190. The van der Waals surface area contributed by atoms with Crippen molar-refractivity contribution in [2.75, 3.05) is 6.26 Å². The van der Waals surface area contributed by atoms with E-state index in [4.69, 9.17) is 0 Å². The first-order valence-corrected chi connectivity index (χ1v) is 12.8. The summed E-state index contributed by atoms with van der Waals surface area (Å²) in [5.41, 5.74) is 3.65. The minimum atomic E-state index is -3.40. The molecule has 0 radical (unpaired) electrons. The van der Waals surface area contributed by atoms with Crippen LogP contribution in [-0.4, -0.2) is 48.3 Å². The van der Waals surface area contributed by atoms with Crippen LogP contribution < -0.4 is 0 Å². The molecule has 1 N–H and O–H groups in total. The average molecular weight is 457 g/mol. The zero-order valence-electron chi connectivity index (χ0n) is 17.1. The molecule has 10 heteroatoms. The summed E-state index contributed by atoms with van der Waals surface area (Å²) < 4.78 is 48.4. The van der Waals surface area contributed by atoms with Crippen molar-refractivity contribution in [2.24, 2.45) is 0 Å². The van der Waals surface area contributed by atoms with Gasteiger partial charge >= 0.3 is 0 Å². The highest BCUT2D eigenvalue weighted by Gasteiger charge is 2.19. The lowest BCUT2D eigenvalue weighted by atomic mass is 10.1. The van der Waals surface area contributed by atoms with Gasteiger partial charge in [0, 0.05) is 41.5 Å². The summed E-state index contributed by atoms with van der Waals surface area (Å²) in [6.45, 7) is 3.29. The first-order valence-electron chi connectivity index (χ1n) is 9.41. The number of benzene rings is 1. The quantitative estimate of drug-likeness (QED) is 0.489. The van der Waals surface area contributed by atoms with Crippen molar-refractivity contribution in [3.05, 3.63) is 55.1 Å². The summed E-state index contributed by atoms with van der Waals surface area (Å²) in [6.07, 6.45) is 7.30. The van der Waals surface area contributed by atoms with E-state index in [-0.39, 0.29) is 9.79 Å². The zero-order chi connectivity index (χ0) is 22.4. The Bertz CT molecular complexity index is 1490. The SMILES string of the molecule is CC(C)S(=O)(=O)c1ccc(-c2cnc3[nH]cc(-c4cncc(S(C)(=O)=O)c4)c3n2)cc1. The number of sulfone groups is 2. The molecule has 0 saturated heterocycles. The van der Waals surface area contributed by atoms with Gasteiger partial charge in [-0.3, -0.25) is 4.98 Å². The van der Waals surface area contributed by atoms with E-state index in [1.54, 1.807) is 62.8 Å². The minimum absolute atomic E-state index is 0.116. The lowest BCUT2D eigenvalue weighted by Crippen LogP contribution is -2.13. The van der Waals surface area contributed by atoms with Crippen molar-refractivity contribution < 1.29 is 16.8 Å². The number of fused-ring (bicyclic) bond motifs is 1. The minimum Gasteiger partial charge on any atom is -0.344 e. The molecule has 0 aliphatic rings. The van der Waals surface area contributed by atoms with E-state index >= 15 is 0 Å². The summed E-state index contributed by atoms with van der Waals surface area (Å²) in [4.78, 5) is 16.5. The molecule has 3 heterocycles. The second-order valence-electron chi connectivity index (χ2n) is 7.45. The number of aromatic nitrogens is 4. The lowest BCUT2D eigenvalue weighted by Gasteiger charge is -2.08. The maximum atomic E-state index is 12.3. The highest BCUT2D eigenvalue weighted by atomic mass is 32.2. The third-order valence-corrected chi connectivity index (χ3v) is 8.18. The molecule has 8 nitrogen and oxygen atoms in total. The van der Waals surface area contributed by atoms with Gasteiger partial charge in [0.05, 0.1) is 26.9 Å². The number of nitrogens with one attached hydrogen (secondary N) is 1. The van der Waals surface area contributed by atoms with Crippen LogP contribution in [0.4, 0.5) is 0 Å². The van der Waals surface area contributed by atoms with Crippen LogP contribution in [0.3, 0.4) is 0 Å². The molecular formula is C21H20N4O4S2. The Morgan fingerprint density at radius 1 is 0.903 bits per heavy atom. The van der Waals surface area contributed by atoms with Crippen molar-refractivity contribution in [1.29, 1.82) is 0 Å². The van der Waals surface area contributed by atoms with Gasteiger partial charge in [-0.2, -0.15) is 0 Å². The van der Waals surface area contributed by atoms with E-state index in [9.17, 15) is 16.8 Å². The number of H-pyrrole nitrogens is 1. The molecule has 0 saturated carbocycles. The first kappa shape index (κ1) is 21.1. The lowest BCUT2D eigenvalue weighted by molar-refractivity contribution is 0.587. The summed E-state index contributed by atoms with van der Waals surface area (Å²) in [7, 11) is -6.76. The van der Waals surface area contributed by atoms with Crippen LogP contribution in [0.15, 0.2) is 64.9 Å². The molecule has 1 aromatic carbocycles. The maximum absolute atomic E-state index is 12.3. The van der Waals surface area contributed by atoms with Gasteiger partial charge in [0.1, 0.15) is 5.52 Å². The van der Waals surface area contributed by atoms with Crippen molar-refractivity contribution in [3.63, 3.8) is 0 Å². The van der Waals surface area contributed by atoms with Gasteiger partial charge in [-0.15, -0.1) is 0 Å². The summed E-state index contributed by atoms with van der Waals surface area (Å²) in [5.74, 6) is 0. The molecule has 3 aromatic heterocycles. The van der Waals surface area contributed by atoms with Crippen molar-refractivity contribution in [3.8, 4) is 22.4 Å². The van der Waals surface area contributed by atoms with Crippen LogP contribution in [0, 0.1) is 0 Å². The van der Waals surface area contributed by atoms with Gasteiger partial charge in [-0.25, -0.2) is 26.8 Å². The first-order chi connectivity index (χ1) is 14.6. The van der Waals surface area contributed by atoms with E-state index in [1.807, 2.05) is 0 Å². The fourth-order valence-electron chi connectivity index (χ4n) is 3.11. The van der Waals surface area contributed by atoms with Crippen LogP contribution in [0.2, 0.25) is 0 Å². The molecule has 0 aliphatic carbocycles. The van der Waals surface area contributed by atoms with Gasteiger partial charge in [0.25, 0.3) is 0 Å². The molecule has 160 valence electrons. The Labute approximate surface area is 180 Å². The van der Waals surface area contributed by atoms with E-state index in [0.29, 0.717) is 33.5 Å². The van der Waals surface area contributed by atoms with E-state index in [2.05, 4.69) is 19.9 Å². The van der Waals surface area contributed by atoms with Gasteiger partial charge in [-0.05, 0) is 32.0 Å². The summed E-state index contributed by atoms with van der Waals surface area (Å²) in [5, 5.41) is -0.506. The Balaban J connectivity index is 1.78. The normalized spacial score (nSPS) is 12.5. The van der Waals surface area contributed by atoms with Crippen LogP contribution in [0.25, 0.3) is 33.5 Å².